The molecule has 0 aliphatic carbocycles. The Balaban J connectivity index is 1.29. The summed E-state index contributed by atoms with van der Waals surface area (Å²) in [7, 11) is -1.06. The summed E-state index contributed by atoms with van der Waals surface area (Å²) in [5, 5.41) is 9.59. The van der Waals surface area contributed by atoms with Crippen molar-refractivity contribution < 1.29 is 0 Å². The highest BCUT2D eigenvalue weighted by Crippen LogP contribution is 2.37. The highest BCUT2D eigenvalue weighted by Gasteiger charge is 2.25. The van der Waals surface area contributed by atoms with E-state index in [1.54, 1.807) is 0 Å². The lowest BCUT2D eigenvalue weighted by atomic mass is 9.93. The minimum Gasteiger partial charge on any atom is -0.307 e. The maximum Gasteiger partial charge on any atom is 0.0939 e. The van der Waals surface area contributed by atoms with Crippen LogP contribution in [0.5, 0.6) is 0 Å². The summed E-state index contributed by atoms with van der Waals surface area (Å²) in [5.41, 5.74) is 2.47. The molecule has 0 fully saturated rings. The average molecular weight is 635 g/mol. The molecular formula is C42H40N2P2. The van der Waals surface area contributed by atoms with Crippen molar-refractivity contribution in [3.05, 3.63) is 193 Å². The van der Waals surface area contributed by atoms with Gasteiger partial charge in [0.05, 0.1) is 12.1 Å². The molecule has 4 heteroatoms. The predicted molar refractivity (Wildman–Crippen MR) is 203 cm³/mol. The van der Waals surface area contributed by atoms with E-state index in [4.69, 9.17) is 4.99 Å². The van der Waals surface area contributed by atoms with E-state index in [2.05, 4.69) is 194 Å². The van der Waals surface area contributed by atoms with Crippen molar-refractivity contribution in [1.29, 1.82) is 0 Å². The smallest absolute Gasteiger partial charge is 0.0939 e. The van der Waals surface area contributed by atoms with Crippen molar-refractivity contribution in [3.63, 3.8) is 0 Å². The molecule has 46 heavy (non-hydrogen) atoms. The zero-order valence-corrected chi connectivity index (χ0v) is 27.8. The van der Waals surface area contributed by atoms with Crippen LogP contribution in [-0.4, -0.2) is 25.1 Å². The summed E-state index contributed by atoms with van der Waals surface area (Å²) in [6.07, 6.45) is 4.13. The van der Waals surface area contributed by atoms with Gasteiger partial charge >= 0.3 is 0 Å². The molecule has 0 radical (unpaired) electrons. The maximum atomic E-state index is 5.41. The van der Waals surface area contributed by atoms with E-state index < -0.39 is 15.8 Å². The van der Waals surface area contributed by atoms with Crippen LogP contribution in [0.15, 0.2) is 187 Å². The number of rotatable bonds is 14. The molecule has 0 saturated heterocycles. The Hall–Kier alpha value is -4.19. The number of aliphatic imine (C=N–C) groups is 1. The van der Waals surface area contributed by atoms with Crippen molar-refractivity contribution in [1.82, 2.24) is 5.32 Å². The van der Waals surface area contributed by atoms with Gasteiger partial charge in [-0.05, 0) is 54.4 Å². The van der Waals surface area contributed by atoms with Gasteiger partial charge in [-0.15, -0.1) is 0 Å². The molecule has 0 aromatic heterocycles. The first-order valence-electron chi connectivity index (χ1n) is 16.0. The van der Waals surface area contributed by atoms with Crippen molar-refractivity contribution >= 4 is 43.3 Å². The molecule has 6 rings (SSSR count). The predicted octanol–water partition coefficient (Wildman–Crippen LogP) is 8.40. The quantitative estimate of drug-likeness (QED) is 0.0945. The van der Waals surface area contributed by atoms with E-state index in [9.17, 15) is 0 Å². The molecule has 0 aliphatic heterocycles. The van der Waals surface area contributed by atoms with Gasteiger partial charge in [0.25, 0.3) is 0 Å². The molecule has 228 valence electrons. The van der Waals surface area contributed by atoms with Crippen LogP contribution in [0, 0.1) is 0 Å². The van der Waals surface area contributed by atoms with E-state index in [0.717, 1.165) is 18.9 Å². The normalized spacial score (nSPS) is 12.8. The van der Waals surface area contributed by atoms with Crippen LogP contribution in [0.2, 0.25) is 0 Å². The van der Waals surface area contributed by atoms with Gasteiger partial charge in [-0.25, -0.2) is 0 Å². The molecule has 1 N–H and O–H groups in total. The molecule has 0 bridgehead atoms. The molecule has 2 nitrogen and oxygen atoms in total. The molecule has 6 aromatic carbocycles. The lowest BCUT2D eigenvalue weighted by Crippen LogP contribution is -2.30. The molecule has 0 aliphatic rings. The number of nitrogens with one attached hydrogen (secondary N) is 1. The summed E-state index contributed by atoms with van der Waals surface area (Å²) >= 11 is 0. The fourth-order valence-electron chi connectivity index (χ4n) is 5.86. The largest absolute Gasteiger partial charge is 0.307 e. The molecule has 0 amide bonds. The van der Waals surface area contributed by atoms with Crippen LogP contribution < -0.4 is 26.5 Å². The van der Waals surface area contributed by atoms with Crippen molar-refractivity contribution in [2.45, 2.75) is 12.1 Å². The summed E-state index contributed by atoms with van der Waals surface area (Å²) in [6, 6.07) is 65.4. The van der Waals surface area contributed by atoms with Crippen molar-refractivity contribution in [3.8, 4) is 0 Å². The topological polar surface area (TPSA) is 24.4 Å². The third-order valence-electron chi connectivity index (χ3n) is 8.12. The number of nitrogens with zero attached hydrogens (tertiary/aromatic N) is 1. The zero-order chi connectivity index (χ0) is 31.2. The molecule has 0 saturated carbocycles. The van der Waals surface area contributed by atoms with Gasteiger partial charge in [0.2, 0.25) is 0 Å². The second-order valence-corrected chi connectivity index (χ2v) is 15.7. The Morgan fingerprint density at radius 2 is 0.826 bits per heavy atom. The number of benzene rings is 6. The molecular weight excluding hydrogens is 594 g/mol. The Bertz CT molecular complexity index is 1650. The Morgan fingerprint density at radius 1 is 0.457 bits per heavy atom. The maximum absolute atomic E-state index is 5.41. The van der Waals surface area contributed by atoms with Gasteiger partial charge < -0.3 is 5.32 Å². The standard InChI is InChI=1S/C42H40N2P2/c1-7-19-35(20-8-1)41(43-31-33-45(37-23-11-3-12-24-37)38-25-13-4-14-26-38)42(36-21-9-2-10-22-36)44-32-34-46(39-27-15-5-16-28-39)40-29-17-6-18-30-40/h1-31,41-42,44H,32-34H2/t41-,42-/m0/s1. The zero-order valence-electron chi connectivity index (χ0n) is 26.0. The fourth-order valence-corrected chi connectivity index (χ4v) is 10.1. The van der Waals surface area contributed by atoms with E-state index in [1.165, 1.54) is 32.3 Å². The number of hydrogen-bond acceptors (Lipinski definition) is 2. The second-order valence-electron chi connectivity index (χ2n) is 11.1. The fraction of sp³-hybridized carbons (Fsp3) is 0.119. The summed E-state index contributed by atoms with van der Waals surface area (Å²) in [5.74, 6) is 0. The van der Waals surface area contributed by atoms with Gasteiger partial charge in [0.1, 0.15) is 0 Å². The van der Waals surface area contributed by atoms with E-state index in [-0.39, 0.29) is 12.1 Å². The Labute approximate surface area is 276 Å². The van der Waals surface area contributed by atoms with Crippen LogP contribution >= 0.6 is 15.8 Å². The Kier molecular flexibility index (Phi) is 11.7. The first-order chi connectivity index (χ1) is 22.9. The van der Waals surface area contributed by atoms with Gasteiger partial charge in [-0.1, -0.05) is 182 Å². The lowest BCUT2D eigenvalue weighted by molar-refractivity contribution is 0.469. The van der Waals surface area contributed by atoms with Crippen LogP contribution in [-0.2, 0) is 0 Å². The average Bonchev–Trinajstić information content (AvgIpc) is 3.14. The SMILES string of the molecule is C(CP(c1ccccc1)c1ccccc1)=N[C@@H](c1ccccc1)[C@@H](NCCP(c1ccccc1)c1ccccc1)c1ccccc1. The summed E-state index contributed by atoms with van der Waals surface area (Å²) < 4.78 is 0. The summed E-state index contributed by atoms with van der Waals surface area (Å²) in [4.78, 5) is 5.41. The van der Waals surface area contributed by atoms with Crippen LogP contribution in [0.4, 0.5) is 0 Å². The van der Waals surface area contributed by atoms with Crippen LogP contribution in [0.3, 0.4) is 0 Å². The van der Waals surface area contributed by atoms with Gasteiger partial charge in [0, 0.05) is 18.9 Å². The number of hydrogen-bond donors (Lipinski definition) is 1. The molecule has 2 atom stereocenters. The first kappa shape index (κ1) is 31.8. The van der Waals surface area contributed by atoms with Crippen molar-refractivity contribution in [2.75, 3.05) is 18.9 Å². The lowest BCUT2D eigenvalue weighted by Gasteiger charge is -2.28. The Morgan fingerprint density at radius 3 is 1.26 bits per heavy atom. The van der Waals surface area contributed by atoms with E-state index in [0.29, 0.717) is 0 Å². The molecule has 0 heterocycles. The highest BCUT2D eigenvalue weighted by molar-refractivity contribution is 7.73. The van der Waals surface area contributed by atoms with Gasteiger partial charge in [-0.3, -0.25) is 4.99 Å². The molecule has 0 spiro atoms. The minimum absolute atomic E-state index is 0.0305. The van der Waals surface area contributed by atoms with Crippen LogP contribution in [0.1, 0.15) is 23.2 Å². The molecule has 6 aromatic rings. The molecule has 0 unspecified atom stereocenters. The van der Waals surface area contributed by atoms with Crippen molar-refractivity contribution in [2.24, 2.45) is 4.99 Å². The van der Waals surface area contributed by atoms with Gasteiger partial charge in [-0.2, -0.15) is 0 Å². The first-order valence-corrected chi connectivity index (χ1v) is 19.0. The second kappa shape index (κ2) is 16.9. The van der Waals surface area contributed by atoms with E-state index in [1.807, 2.05) is 0 Å². The van der Waals surface area contributed by atoms with Crippen LogP contribution in [0.25, 0.3) is 0 Å². The summed E-state index contributed by atoms with van der Waals surface area (Å²) in [6.45, 7) is 0.884. The minimum atomic E-state index is -0.562. The monoisotopic (exact) mass is 634 g/mol. The third-order valence-corrected chi connectivity index (χ3v) is 13.0. The van der Waals surface area contributed by atoms with E-state index >= 15 is 0 Å². The van der Waals surface area contributed by atoms with Gasteiger partial charge in [0.15, 0.2) is 0 Å². The third kappa shape index (κ3) is 8.54. The highest BCUT2D eigenvalue weighted by atomic mass is 31.1.